The van der Waals surface area contributed by atoms with Crippen LogP contribution in [0, 0.1) is 6.92 Å². The molecule has 2 heterocycles. The fourth-order valence-electron chi connectivity index (χ4n) is 2.70. The van der Waals surface area contributed by atoms with Crippen molar-refractivity contribution in [3.63, 3.8) is 0 Å². The Labute approximate surface area is 161 Å². The Morgan fingerprint density at radius 3 is 2.43 bits per heavy atom. The van der Waals surface area contributed by atoms with Gasteiger partial charge in [0.2, 0.25) is 0 Å². The molecule has 1 amide bonds. The number of para-hydroxylation sites is 1. The van der Waals surface area contributed by atoms with E-state index in [0.717, 1.165) is 0 Å². The van der Waals surface area contributed by atoms with Gasteiger partial charge < -0.3 is 10.1 Å². The van der Waals surface area contributed by atoms with Crippen molar-refractivity contribution in [3.8, 4) is 5.69 Å². The number of benzene rings is 1. The molecule has 0 saturated heterocycles. The molecule has 1 N–H and O–H groups in total. The van der Waals surface area contributed by atoms with E-state index < -0.39 is 18.0 Å². The minimum Gasteiger partial charge on any atom is -0.448 e. The minimum absolute atomic E-state index is 0.101. The molecule has 1 aromatic carbocycles. The Hall–Kier alpha value is -3.68. The summed E-state index contributed by atoms with van der Waals surface area (Å²) in [5.74, 6) is -1.31. The molecular weight excluding hydrogens is 360 g/mol. The second-order valence-electron chi connectivity index (χ2n) is 6.19. The smallest absolute Gasteiger partial charge is 0.357 e. The molecule has 3 rings (SSSR count). The summed E-state index contributed by atoms with van der Waals surface area (Å²) in [6, 6.07) is 13.9. The van der Waals surface area contributed by atoms with Crippen LogP contribution in [0.5, 0.6) is 0 Å². The molecule has 0 saturated carbocycles. The number of hydrogen-bond acceptors (Lipinski definition) is 5. The number of nitrogens with one attached hydrogen (secondary N) is 1. The Morgan fingerprint density at radius 2 is 1.79 bits per heavy atom. The number of rotatable bonds is 5. The van der Waals surface area contributed by atoms with Crippen LogP contribution in [0.15, 0.2) is 59.5 Å². The quantitative estimate of drug-likeness (QED) is 0.684. The Bertz CT molecular complexity index is 1060. The van der Waals surface area contributed by atoms with E-state index in [1.54, 1.807) is 42.9 Å². The van der Waals surface area contributed by atoms with E-state index in [-0.39, 0.29) is 16.9 Å². The zero-order chi connectivity index (χ0) is 20.3. The average Bonchev–Trinajstić information content (AvgIpc) is 2.92. The maximum atomic E-state index is 12.8. The van der Waals surface area contributed by atoms with Gasteiger partial charge in [0, 0.05) is 13.2 Å². The highest BCUT2D eigenvalue weighted by Crippen LogP contribution is 2.14. The third-order valence-corrected chi connectivity index (χ3v) is 4.33. The van der Waals surface area contributed by atoms with Crippen LogP contribution in [0.3, 0.4) is 0 Å². The summed E-state index contributed by atoms with van der Waals surface area (Å²) >= 11 is 0. The van der Waals surface area contributed by atoms with Crippen LogP contribution in [0.25, 0.3) is 5.69 Å². The summed E-state index contributed by atoms with van der Waals surface area (Å²) in [6.45, 7) is 3.16. The summed E-state index contributed by atoms with van der Waals surface area (Å²) in [4.78, 5) is 41.2. The average molecular weight is 380 g/mol. The van der Waals surface area contributed by atoms with Crippen molar-refractivity contribution in [2.75, 3.05) is 5.32 Å². The number of nitrogens with zero attached hydrogens (tertiary/aromatic N) is 3. The summed E-state index contributed by atoms with van der Waals surface area (Å²) in [5.41, 5.74) is 1.11. The van der Waals surface area contributed by atoms with Gasteiger partial charge in [-0.25, -0.2) is 14.5 Å². The first-order valence-electron chi connectivity index (χ1n) is 8.67. The molecule has 1 atom stereocenters. The molecular formula is C20H20N4O4. The summed E-state index contributed by atoms with van der Waals surface area (Å²) in [7, 11) is 1.73. The summed E-state index contributed by atoms with van der Waals surface area (Å²) in [6.07, 6.45) is 0.361. The van der Waals surface area contributed by atoms with Crippen LogP contribution < -0.4 is 10.9 Å². The number of esters is 1. The first-order valence-corrected chi connectivity index (χ1v) is 8.67. The van der Waals surface area contributed by atoms with Gasteiger partial charge in [-0.1, -0.05) is 24.3 Å². The lowest BCUT2D eigenvalue weighted by Crippen LogP contribution is -2.32. The maximum Gasteiger partial charge on any atom is 0.357 e. The number of carbonyl (C=O) groups excluding carboxylic acids is 2. The van der Waals surface area contributed by atoms with E-state index in [0.29, 0.717) is 11.4 Å². The third-order valence-electron chi connectivity index (χ3n) is 4.33. The fourth-order valence-corrected chi connectivity index (χ4v) is 2.70. The van der Waals surface area contributed by atoms with E-state index in [1.165, 1.54) is 23.9 Å². The van der Waals surface area contributed by atoms with Gasteiger partial charge in [0.1, 0.15) is 11.4 Å². The van der Waals surface area contributed by atoms with Crippen LogP contribution in [0.4, 0.5) is 5.69 Å². The molecule has 0 aliphatic rings. The van der Waals surface area contributed by atoms with E-state index in [2.05, 4.69) is 10.3 Å². The molecule has 0 radical (unpaired) electrons. The molecule has 144 valence electrons. The Morgan fingerprint density at radius 1 is 1.11 bits per heavy atom. The molecule has 0 fully saturated rings. The number of amides is 1. The molecule has 3 aromatic rings. The lowest BCUT2D eigenvalue weighted by Gasteiger charge is -2.12. The van der Waals surface area contributed by atoms with Gasteiger partial charge in [-0.05, 0) is 38.1 Å². The van der Waals surface area contributed by atoms with Crippen LogP contribution in [0.2, 0.25) is 0 Å². The predicted molar refractivity (Wildman–Crippen MR) is 103 cm³/mol. The molecule has 8 heteroatoms. The Balaban J connectivity index is 1.79. The van der Waals surface area contributed by atoms with Crippen LogP contribution in [-0.2, 0) is 16.6 Å². The third kappa shape index (κ3) is 3.71. The van der Waals surface area contributed by atoms with Gasteiger partial charge >= 0.3 is 5.97 Å². The van der Waals surface area contributed by atoms with E-state index in [1.807, 2.05) is 18.2 Å². The van der Waals surface area contributed by atoms with Gasteiger partial charge in [0.25, 0.3) is 11.5 Å². The number of carbonyl (C=O) groups is 2. The second kappa shape index (κ2) is 7.91. The normalized spacial score (nSPS) is 11.7. The van der Waals surface area contributed by atoms with Gasteiger partial charge in [-0.2, -0.15) is 0 Å². The number of ether oxygens (including phenoxy) is 1. The Kier molecular flexibility index (Phi) is 5.39. The van der Waals surface area contributed by atoms with Crippen molar-refractivity contribution in [1.82, 2.24) is 14.3 Å². The standard InChI is InChI=1S/C20H20N4O4/c1-13-17(19(26)24(23(13)3)15-9-5-4-6-10-15)22-18(25)14(2)28-20(27)16-11-7-8-12-21-16/h4-12,14H,1-3H3,(H,22,25)/t14-/m0/s1. The zero-order valence-corrected chi connectivity index (χ0v) is 15.7. The van der Waals surface area contributed by atoms with Gasteiger partial charge in [-0.15, -0.1) is 0 Å². The maximum absolute atomic E-state index is 12.8. The highest BCUT2D eigenvalue weighted by atomic mass is 16.5. The number of anilines is 1. The van der Waals surface area contributed by atoms with Crippen molar-refractivity contribution in [3.05, 3.63) is 76.5 Å². The molecule has 8 nitrogen and oxygen atoms in total. The molecule has 2 aromatic heterocycles. The fraction of sp³-hybridized carbons (Fsp3) is 0.200. The van der Waals surface area contributed by atoms with Gasteiger partial charge in [-0.3, -0.25) is 14.3 Å². The molecule has 0 unspecified atom stereocenters. The monoisotopic (exact) mass is 380 g/mol. The van der Waals surface area contributed by atoms with Crippen molar-refractivity contribution >= 4 is 17.6 Å². The van der Waals surface area contributed by atoms with Crippen LogP contribution in [0.1, 0.15) is 23.1 Å². The number of pyridine rings is 1. The van der Waals surface area contributed by atoms with Gasteiger partial charge in [0.05, 0.1) is 11.4 Å². The first kappa shape index (κ1) is 19.1. The SMILES string of the molecule is Cc1c(NC(=O)[C@H](C)OC(=O)c2ccccn2)c(=O)n(-c2ccccc2)n1C. The molecule has 0 bridgehead atoms. The summed E-state index contributed by atoms with van der Waals surface area (Å²) in [5, 5.41) is 2.58. The summed E-state index contributed by atoms with van der Waals surface area (Å²) < 4.78 is 8.25. The van der Waals surface area contributed by atoms with Crippen LogP contribution >= 0.6 is 0 Å². The van der Waals surface area contributed by atoms with E-state index in [9.17, 15) is 14.4 Å². The highest BCUT2D eigenvalue weighted by Gasteiger charge is 2.23. The zero-order valence-electron chi connectivity index (χ0n) is 15.7. The minimum atomic E-state index is -1.10. The second-order valence-corrected chi connectivity index (χ2v) is 6.19. The largest absolute Gasteiger partial charge is 0.448 e. The van der Waals surface area contributed by atoms with Gasteiger partial charge in [0.15, 0.2) is 6.10 Å². The lowest BCUT2D eigenvalue weighted by atomic mass is 10.3. The molecule has 0 aliphatic carbocycles. The van der Waals surface area contributed by atoms with E-state index in [4.69, 9.17) is 4.74 Å². The number of aromatic nitrogens is 3. The van der Waals surface area contributed by atoms with Crippen molar-refractivity contribution in [2.45, 2.75) is 20.0 Å². The lowest BCUT2D eigenvalue weighted by molar-refractivity contribution is -0.123. The van der Waals surface area contributed by atoms with Crippen molar-refractivity contribution in [2.24, 2.45) is 7.05 Å². The van der Waals surface area contributed by atoms with E-state index >= 15 is 0 Å². The predicted octanol–water partition coefficient (Wildman–Crippen LogP) is 2.06. The topological polar surface area (TPSA) is 95.2 Å². The van der Waals surface area contributed by atoms with Crippen molar-refractivity contribution < 1.29 is 14.3 Å². The van der Waals surface area contributed by atoms with Crippen molar-refractivity contribution in [1.29, 1.82) is 0 Å². The molecule has 0 spiro atoms. The highest BCUT2D eigenvalue weighted by molar-refractivity contribution is 5.97. The molecule has 0 aliphatic heterocycles. The first-order chi connectivity index (χ1) is 13.4. The molecule has 28 heavy (non-hydrogen) atoms. The van der Waals surface area contributed by atoms with Crippen LogP contribution in [-0.4, -0.2) is 32.3 Å². The number of hydrogen-bond donors (Lipinski definition) is 1.